The molecule has 0 amide bonds. The molecule has 0 aliphatic heterocycles. The summed E-state index contributed by atoms with van der Waals surface area (Å²) in [5.74, 6) is 0.529. The van der Waals surface area contributed by atoms with Gasteiger partial charge in [-0.1, -0.05) is 18.2 Å². The van der Waals surface area contributed by atoms with Gasteiger partial charge in [0.2, 0.25) is 0 Å². The highest BCUT2D eigenvalue weighted by atomic mass is 35.5. The minimum atomic E-state index is -0.108. The zero-order valence-electron chi connectivity index (χ0n) is 12.1. The molecule has 3 nitrogen and oxygen atoms in total. The number of rotatable bonds is 5. The summed E-state index contributed by atoms with van der Waals surface area (Å²) in [4.78, 5) is 11.4. The van der Waals surface area contributed by atoms with Crippen LogP contribution in [0.15, 0.2) is 18.2 Å². The molecule has 0 bridgehead atoms. The molecule has 1 aromatic rings. The van der Waals surface area contributed by atoms with Gasteiger partial charge in [-0.15, -0.1) is 12.4 Å². The second kappa shape index (κ2) is 8.28. The van der Waals surface area contributed by atoms with Gasteiger partial charge in [-0.05, 0) is 61.8 Å². The molecule has 2 N–H and O–H groups in total. The summed E-state index contributed by atoms with van der Waals surface area (Å²) in [7, 11) is 0. The second-order valence-corrected chi connectivity index (χ2v) is 5.25. The molecule has 0 fully saturated rings. The van der Waals surface area contributed by atoms with Crippen molar-refractivity contribution in [2.45, 2.75) is 39.0 Å². The molecule has 0 aromatic heterocycles. The third kappa shape index (κ3) is 4.50. The molecule has 1 unspecified atom stereocenters. The van der Waals surface area contributed by atoms with Gasteiger partial charge >= 0.3 is 5.97 Å². The van der Waals surface area contributed by atoms with Gasteiger partial charge in [0, 0.05) is 6.42 Å². The Balaban J connectivity index is 0.00000200. The van der Waals surface area contributed by atoms with Crippen molar-refractivity contribution in [3.8, 4) is 0 Å². The number of halogens is 1. The number of fused-ring (bicyclic) bond motifs is 1. The predicted molar refractivity (Wildman–Crippen MR) is 83.2 cm³/mol. The van der Waals surface area contributed by atoms with Crippen molar-refractivity contribution >= 4 is 18.4 Å². The maximum atomic E-state index is 11.4. The highest BCUT2D eigenvalue weighted by Gasteiger charge is 2.17. The van der Waals surface area contributed by atoms with E-state index < -0.39 is 0 Å². The predicted octanol–water partition coefficient (Wildman–Crippen LogP) is 2.67. The molecular weight excluding hydrogens is 274 g/mol. The van der Waals surface area contributed by atoms with Crippen molar-refractivity contribution in [1.82, 2.24) is 0 Å². The first-order valence-corrected chi connectivity index (χ1v) is 7.19. The third-order valence-electron chi connectivity index (χ3n) is 3.86. The van der Waals surface area contributed by atoms with E-state index in [0.717, 1.165) is 25.8 Å². The Morgan fingerprint density at radius 3 is 2.90 bits per heavy atom. The van der Waals surface area contributed by atoms with Crippen LogP contribution in [0.2, 0.25) is 0 Å². The third-order valence-corrected chi connectivity index (χ3v) is 3.86. The number of hydrogen-bond acceptors (Lipinski definition) is 3. The Bertz CT molecular complexity index is 448. The van der Waals surface area contributed by atoms with Gasteiger partial charge in [-0.25, -0.2) is 0 Å². The smallest absolute Gasteiger partial charge is 0.306 e. The monoisotopic (exact) mass is 297 g/mol. The molecular formula is C16H24ClNO2. The summed E-state index contributed by atoms with van der Waals surface area (Å²) >= 11 is 0. The van der Waals surface area contributed by atoms with E-state index in [4.69, 9.17) is 10.5 Å². The SMILES string of the molecule is CCOC(=O)CCc1ccc2c(c1)CCC(CN)C2.Cl. The highest BCUT2D eigenvalue weighted by molar-refractivity contribution is 5.85. The molecule has 112 valence electrons. The van der Waals surface area contributed by atoms with Crippen molar-refractivity contribution in [2.24, 2.45) is 11.7 Å². The molecule has 0 heterocycles. The molecule has 0 spiro atoms. The van der Waals surface area contributed by atoms with Crippen molar-refractivity contribution in [3.63, 3.8) is 0 Å². The number of aryl methyl sites for hydroxylation is 2. The maximum absolute atomic E-state index is 11.4. The van der Waals surface area contributed by atoms with Crippen LogP contribution >= 0.6 is 12.4 Å². The van der Waals surface area contributed by atoms with E-state index in [-0.39, 0.29) is 18.4 Å². The molecule has 0 radical (unpaired) electrons. The number of benzene rings is 1. The number of carbonyl (C=O) groups excluding carboxylic acids is 1. The summed E-state index contributed by atoms with van der Waals surface area (Å²) < 4.78 is 4.95. The minimum Gasteiger partial charge on any atom is -0.466 e. The first kappa shape index (κ1) is 17.0. The standard InChI is InChI=1S/C16H23NO2.ClH/c1-2-19-16(18)8-5-12-3-6-15-10-13(11-17)4-7-14(15)9-12;/h3,6,9,13H,2,4-5,7-8,10-11,17H2,1H3;1H. The zero-order valence-corrected chi connectivity index (χ0v) is 12.9. The van der Waals surface area contributed by atoms with Crippen molar-refractivity contribution in [3.05, 3.63) is 34.9 Å². The molecule has 1 atom stereocenters. The summed E-state index contributed by atoms with van der Waals surface area (Å²) in [6.45, 7) is 3.08. The van der Waals surface area contributed by atoms with Gasteiger partial charge in [0.1, 0.15) is 0 Å². The molecule has 2 rings (SSSR count). The first-order chi connectivity index (χ1) is 9.22. The minimum absolute atomic E-state index is 0. The average molecular weight is 298 g/mol. The van der Waals surface area contributed by atoms with E-state index in [0.29, 0.717) is 18.9 Å². The van der Waals surface area contributed by atoms with Gasteiger partial charge in [-0.3, -0.25) is 4.79 Å². The molecule has 0 saturated carbocycles. The Hall–Kier alpha value is -1.06. The van der Waals surface area contributed by atoms with Gasteiger partial charge in [0.15, 0.2) is 0 Å². The number of esters is 1. The second-order valence-electron chi connectivity index (χ2n) is 5.25. The van der Waals surface area contributed by atoms with Gasteiger partial charge < -0.3 is 10.5 Å². The number of ether oxygens (including phenoxy) is 1. The van der Waals surface area contributed by atoms with Crippen molar-refractivity contribution in [2.75, 3.05) is 13.2 Å². The van der Waals surface area contributed by atoms with Crippen LogP contribution in [0.4, 0.5) is 0 Å². The van der Waals surface area contributed by atoms with Crippen LogP contribution in [-0.4, -0.2) is 19.1 Å². The van der Waals surface area contributed by atoms with Gasteiger partial charge in [0.25, 0.3) is 0 Å². The van der Waals surface area contributed by atoms with Gasteiger partial charge in [0.05, 0.1) is 6.61 Å². The van der Waals surface area contributed by atoms with E-state index in [2.05, 4.69) is 18.2 Å². The van der Waals surface area contributed by atoms with E-state index in [1.165, 1.54) is 23.1 Å². The number of hydrogen-bond donors (Lipinski definition) is 1. The van der Waals surface area contributed by atoms with E-state index in [1.54, 1.807) is 0 Å². The first-order valence-electron chi connectivity index (χ1n) is 7.19. The molecule has 20 heavy (non-hydrogen) atoms. The van der Waals surface area contributed by atoms with Crippen LogP contribution in [0.5, 0.6) is 0 Å². The lowest BCUT2D eigenvalue weighted by Crippen LogP contribution is -2.22. The topological polar surface area (TPSA) is 52.3 Å². The Kier molecular flexibility index (Phi) is 7.03. The quantitative estimate of drug-likeness (QED) is 0.850. The van der Waals surface area contributed by atoms with Crippen LogP contribution in [0, 0.1) is 5.92 Å². The summed E-state index contributed by atoms with van der Waals surface area (Å²) in [6.07, 6.45) is 4.64. The summed E-state index contributed by atoms with van der Waals surface area (Å²) in [6, 6.07) is 6.59. The average Bonchev–Trinajstić information content (AvgIpc) is 2.44. The lowest BCUT2D eigenvalue weighted by atomic mass is 9.83. The fourth-order valence-electron chi connectivity index (χ4n) is 2.72. The molecule has 4 heteroatoms. The normalized spacial score (nSPS) is 17.0. The van der Waals surface area contributed by atoms with E-state index in [1.807, 2.05) is 6.92 Å². The largest absolute Gasteiger partial charge is 0.466 e. The summed E-state index contributed by atoms with van der Waals surface area (Å²) in [5.41, 5.74) is 9.85. The lowest BCUT2D eigenvalue weighted by Gasteiger charge is -2.23. The Morgan fingerprint density at radius 2 is 2.20 bits per heavy atom. The Labute approximate surface area is 127 Å². The van der Waals surface area contributed by atoms with Gasteiger partial charge in [-0.2, -0.15) is 0 Å². The summed E-state index contributed by atoms with van der Waals surface area (Å²) in [5, 5.41) is 0. The van der Waals surface area contributed by atoms with E-state index in [9.17, 15) is 4.79 Å². The highest BCUT2D eigenvalue weighted by Crippen LogP contribution is 2.26. The van der Waals surface area contributed by atoms with Crippen LogP contribution < -0.4 is 5.73 Å². The Morgan fingerprint density at radius 1 is 1.40 bits per heavy atom. The lowest BCUT2D eigenvalue weighted by molar-refractivity contribution is -0.143. The van der Waals surface area contributed by atoms with Crippen molar-refractivity contribution in [1.29, 1.82) is 0 Å². The fourth-order valence-corrected chi connectivity index (χ4v) is 2.72. The molecule has 1 aliphatic carbocycles. The molecule has 0 saturated heterocycles. The van der Waals surface area contributed by atoms with Crippen LogP contribution in [0.3, 0.4) is 0 Å². The van der Waals surface area contributed by atoms with Crippen LogP contribution in [0.25, 0.3) is 0 Å². The van der Waals surface area contributed by atoms with Crippen LogP contribution in [-0.2, 0) is 28.8 Å². The van der Waals surface area contributed by atoms with Crippen molar-refractivity contribution < 1.29 is 9.53 Å². The van der Waals surface area contributed by atoms with E-state index >= 15 is 0 Å². The number of carbonyl (C=O) groups is 1. The van der Waals surface area contributed by atoms with Crippen LogP contribution in [0.1, 0.15) is 36.5 Å². The molecule has 1 aliphatic rings. The number of nitrogens with two attached hydrogens (primary N) is 1. The fraction of sp³-hybridized carbons (Fsp3) is 0.562. The zero-order chi connectivity index (χ0) is 13.7. The molecule has 1 aromatic carbocycles. The maximum Gasteiger partial charge on any atom is 0.306 e.